The first-order valence-electron chi connectivity index (χ1n) is 7.49. The number of nitrogens with one attached hydrogen (secondary N) is 1. The molecule has 0 aliphatic carbocycles. The fraction of sp³-hybridized carbons (Fsp3) is 0.562. The van der Waals surface area contributed by atoms with Crippen molar-refractivity contribution in [2.24, 2.45) is 5.92 Å². The quantitative estimate of drug-likeness (QED) is 0.905. The van der Waals surface area contributed by atoms with Crippen LogP contribution < -0.4 is 5.32 Å². The average molecular weight is 273 g/mol. The van der Waals surface area contributed by atoms with E-state index in [2.05, 4.69) is 17.3 Å². The summed E-state index contributed by atoms with van der Waals surface area (Å²) in [7, 11) is 2.17. The summed E-state index contributed by atoms with van der Waals surface area (Å²) in [4.78, 5) is 16.9. The molecule has 1 aromatic carbocycles. The molecule has 0 saturated carbocycles. The highest BCUT2D eigenvalue weighted by Crippen LogP contribution is 2.23. The largest absolute Gasteiger partial charge is 0.328 e. The van der Waals surface area contributed by atoms with Gasteiger partial charge in [0, 0.05) is 6.54 Å². The predicted molar refractivity (Wildman–Crippen MR) is 79.1 cm³/mol. The minimum absolute atomic E-state index is 0.150. The molecule has 1 unspecified atom stereocenters. The van der Waals surface area contributed by atoms with E-state index in [0.717, 1.165) is 25.2 Å². The standard InChI is InChI=1S/C16H23N3O/c1-18-9-7-13(8-10-18)11-19-12-17-15(16(19)20)14-5-3-2-4-6-14/h2-6,13,15,17H,7-12H2,1H3. The molecule has 4 nitrogen and oxygen atoms in total. The van der Waals surface area contributed by atoms with Gasteiger partial charge >= 0.3 is 0 Å². The van der Waals surface area contributed by atoms with E-state index in [9.17, 15) is 4.79 Å². The number of piperidine rings is 1. The Morgan fingerprint density at radius 2 is 1.90 bits per heavy atom. The van der Waals surface area contributed by atoms with Crippen LogP contribution in [0.1, 0.15) is 24.4 Å². The molecule has 2 aliphatic heterocycles. The SMILES string of the molecule is CN1CCC(CN2CNC(c3ccccc3)C2=O)CC1. The minimum Gasteiger partial charge on any atom is -0.328 e. The van der Waals surface area contributed by atoms with E-state index in [1.165, 1.54) is 12.8 Å². The van der Waals surface area contributed by atoms with Gasteiger partial charge in [-0.1, -0.05) is 30.3 Å². The van der Waals surface area contributed by atoms with Crippen molar-refractivity contribution in [1.29, 1.82) is 0 Å². The van der Waals surface area contributed by atoms with Crippen LogP contribution in [-0.2, 0) is 4.79 Å². The van der Waals surface area contributed by atoms with E-state index < -0.39 is 0 Å². The van der Waals surface area contributed by atoms with Crippen molar-refractivity contribution in [3.8, 4) is 0 Å². The van der Waals surface area contributed by atoms with E-state index >= 15 is 0 Å². The number of carbonyl (C=O) groups is 1. The van der Waals surface area contributed by atoms with Gasteiger partial charge in [-0.15, -0.1) is 0 Å². The molecule has 1 atom stereocenters. The highest BCUT2D eigenvalue weighted by molar-refractivity contribution is 5.85. The Morgan fingerprint density at radius 3 is 2.60 bits per heavy atom. The maximum Gasteiger partial charge on any atom is 0.245 e. The average Bonchev–Trinajstić information content (AvgIpc) is 2.84. The number of amides is 1. The van der Waals surface area contributed by atoms with E-state index in [1.807, 2.05) is 35.2 Å². The van der Waals surface area contributed by atoms with Crippen LogP contribution in [-0.4, -0.2) is 49.1 Å². The first-order valence-corrected chi connectivity index (χ1v) is 7.49. The number of carbonyl (C=O) groups excluding carboxylic acids is 1. The molecule has 1 aromatic rings. The van der Waals surface area contributed by atoms with Crippen LogP contribution in [0.2, 0.25) is 0 Å². The van der Waals surface area contributed by atoms with Crippen molar-refractivity contribution in [3.63, 3.8) is 0 Å². The van der Waals surface area contributed by atoms with Crippen LogP contribution >= 0.6 is 0 Å². The van der Waals surface area contributed by atoms with E-state index in [0.29, 0.717) is 12.6 Å². The molecule has 2 aliphatic rings. The summed E-state index contributed by atoms with van der Waals surface area (Å²) < 4.78 is 0. The maximum atomic E-state index is 12.5. The van der Waals surface area contributed by atoms with E-state index in [1.54, 1.807) is 0 Å². The Hall–Kier alpha value is -1.39. The molecule has 4 heteroatoms. The van der Waals surface area contributed by atoms with Gasteiger partial charge in [-0.25, -0.2) is 0 Å². The van der Waals surface area contributed by atoms with Crippen LogP contribution in [0.15, 0.2) is 30.3 Å². The van der Waals surface area contributed by atoms with Crippen molar-refractivity contribution < 1.29 is 4.79 Å². The molecule has 20 heavy (non-hydrogen) atoms. The Balaban J connectivity index is 1.59. The fourth-order valence-electron chi connectivity index (χ4n) is 3.17. The molecule has 3 rings (SSSR count). The summed E-state index contributed by atoms with van der Waals surface area (Å²) in [5.74, 6) is 0.890. The number of hydrogen-bond acceptors (Lipinski definition) is 3. The number of rotatable bonds is 3. The van der Waals surface area contributed by atoms with E-state index in [-0.39, 0.29) is 11.9 Å². The molecule has 0 bridgehead atoms. The number of nitrogens with zero attached hydrogens (tertiary/aromatic N) is 2. The smallest absolute Gasteiger partial charge is 0.245 e. The number of benzene rings is 1. The molecule has 0 aromatic heterocycles. The number of likely N-dealkylation sites (tertiary alicyclic amines) is 1. The molecule has 108 valence electrons. The molecule has 2 fully saturated rings. The second-order valence-corrected chi connectivity index (χ2v) is 6.01. The summed E-state index contributed by atoms with van der Waals surface area (Å²) in [6.07, 6.45) is 2.41. The molecule has 2 heterocycles. The Morgan fingerprint density at radius 1 is 1.20 bits per heavy atom. The lowest BCUT2D eigenvalue weighted by molar-refractivity contribution is -0.129. The van der Waals surface area contributed by atoms with Crippen LogP contribution in [0.25, 0.3) is 0 Å². The summed E-state index contributed by atoms with van der Waals surface area (Å²) in [5.41, 5.74) is 1.07. The zero-order valence-electron chi connectivity index (χ0n) is 12.1. The third-order valence-electron chi connectivity index (χ3n) is 4.49. The lowest BCUT2D eigenvalue weighted by atomic mass is 9.96. The predicted octanol–water partition coefficient (Wildman–Crippen LogP) is 1.46. The van der Waals surface area contributed by atoms with Gasteiger partial charge in [0.1, 0.15) is 6.04 Å². The molecule has 0 spiro atoms. The summed E-state index contributed by atoms with van der Waals surface area (Å²) >= 11 is 0. The van der Waals surface area contributed by atoms with Crippen molar-refractivity contribution >= 4 is 5.91 Å². The highest BCUT2D eigenvalue weighted by Gasteiger charge is 2.33. The van der Waals surface area contributed by atoms with Crippen molar-refractivity contribution in [1.82, 2.24) is 15.1 Å². The van der Waals surface area contributed by atoms with Gasteiger partial charge < -0.3 is 9.80 Å². The van der Waals surface area contributed by atoms with Crippen molar-refractivity contribution in [2.45, 2.75) is 18.9 Å². The van der Waals surface area contributed by atoms with Crippen molar-refractivity contribution in [3.05, 3.63) is 35.9 Å². The van der Waals surface area contributed by atoms with Gasteiger partial charge in [-0.3, -0.25) is 10.1 Å². The normalized spacial score (nSPS) is 25.4. The fourth-order valence-corrected chi connectivity index (χ4v) is 3.17. The van der Waals surface area contributed by atoms with Crippen LogP contribution in [0.4, 0.5) is 0 Å². The Bertz CT molecular complexity index is 454. The van der Waals surface area contributed by atoms with Crippen LogP contribution in [0, 0.1) is 5.92 Å². The molecule has 2 saturated heterocycles. The molecular weight excluding hydrogens is 250 g/mol. The second-order valence-electron chi connectivity index (χ2n) is 6.01. The maximum absolute atomic E-state index is 12.5. The van der Waals surface area contributed by atoms with Gasteiger partial charge in [0.2, 0.25) is 5.91 Å². The third kappa shape index (κ3) is 2.86. The number of hydrogen-bond donors (Lipinski definition) is 1. The Kier molecular flexibility index (Phi) is 4.03. The van der Waals surface area contributed by atoms with Gasteiger partial charge in [0.15, 0.2) is 0 Å². The van der Waals surface area contributed by atoms with Crippen LogP contribution in [0.3, 0.4) is 0 Å². The lowest BCUT2D eigenvalue weighted by Crippen LogP contribution is -2.38. The Labute approximate surface area is 120 Å². The summed E-state index contributed by atoms with van der Waals surface area (Å²) in [6.45, 7) is 3.90. The van der Waals surface area contributed by atoms with Gasteiger partial charge in [0.05, 0.1) is 6.67 Å². The molecule has 1 amide bonds. The first kappa shape index (κ1) is 13.6. The van der Waals surface area contributed by atoms with Gasteiger partial charge in [-0.05, 0) is 44.5 Å². The van der Waals surface area contributed by atoms with Crippen molar-refractivity contribution in [2.75, 3.05) is 33.4 Å². The second kappa shape index (κ2) is 5.94. The van der Waals surface area contributed by atoms with Gasteiger partial charge in [-0.2, -0.15) is 0 Å². The van der Waals surface area contributed by atoms with Crippen LogP contribution in [0.5, 0.6) is 0 Å². The van der Waals surface area contributed by atoms with Gasteiger partial charge in [0.25, 0.3) is 0 Å². The zero-order valence-corrected chi connectivity index (χ0v) is 12.1. The highest BCUT2D eigenvalue weighted by atomic mass is 16.2. The minimum atomic E-state index is -0.150. The monoisotopic (exact) mass is 273 g/mol. The molecule has 1 N–H and O–H groups in total. The molecule has 0 radical (unpaired) electrons. The molecular formula is C16H23N3O. The first-order chi connectivity index (χ1) is 9.74. The van der Waals surface area contributed by atoms with E-state index in [4.69, 9.17) is 0 Å². The topological polar surface area (TPSA) is 35.6 Å². The third-order valence-corrected chi connectivity index (χ3v) is 4.49. The summed E-state index contributed by atoms with van der Waals surface area (Å²) in [5, 5.41) is 3.34. The summed E-state index contributed by atoms with van der Waals surface area (Å²) in [6, 6.07) is 9.86. The zero-order chi connectivity index (χ0) is 13.9. The lowest BCUT2D eigenvalue weighted by Gasteiger charge is -2.31.